The first-order valence-corrected chi connectivity index (χ1v) is 6.71. The summed E-state index contributed by atoms with van der Waals surface area (Å²) in [5, 5.41) is 11.8. The molecule has 0 heterocycles. The summed E-state index contributed by atoms with van der Waals surface area (Å²) in [5.41, 5.74) is 4.14. The van der Waals surface area contributed by atoms with E-state index in [0.29, 0.717) is 17.8 Å². The molecule has 0 aliphatic heterocycles. The standard InChI is InChI=1S/C17H18FN3/c1-12-8-15(21(2)3)6-5-14(12)11-20-17-7-4-13(10-19)9-16(17)18/h4-9,20H,11H2,1-3H3. The summed E-state index contributed by atoms with van der Waals surface area (Å²) in [5.74, 6) is -0.406. The number of nitriles is 1. The maximum absolute atomic E-state index is 13.8. The van der Waals surface area contributed by atoms with Crippen molar-refractivity contribution in [2.75, 3.05) is 24.3 Å². The molecule has 0 aliphatic rings. The van der Waals surface area contributed by atoms with Gasteiger partial charge in [0, 0.05) is 26.3 Å². The molecule has 0 unspecified atom stereocenters. The number of benzene rings is 2. The molecule has 2 aromatic carbocycles. The number of hydrogen-bond donors (Lipinski definition) is 1. The topological polar surface area (TPSA) is 39.1 Å². The summed E-state index contributed by atoms with van der Waals surface area (Å²) in [6.07, 6.45) is 0. The van der Waals surface area contributed by atoms with Gasteiger partial charge in [-0.25, -0.2) is 4.39 Å². The van der Waals surface area contributed by atoms with Gasteiger partial charge < -0.3 is 10.2 Å². The van der Waals surface area contributed by atoms with Gasteiger partial charge in [0.1, 0.15) is 5.82 Å². The van der Waals surface area contributed by atoms with Crippen LogP contribution in [0.1, 0.15) is 16.7 Å². The molecule has 0 radical (unpaired) electrons. The Kier molecular flexibility index (Phi) is 4.44. The van der Waals surface area contributed by atoms with E-state index in [1.165, 1.54) is 6.07 Å². The van der Waals surface area contributed by atoms with Gasteiger partial charge in [-0.3, -0.25) is 0 Å². The van der Waals surface area contributed by atoms with E-state index < -0.39 is 5.82 Å². The van der Waals surface area contributed by atoms with E-state index in [-0.39, 0.29) is 0 Å². The van der Waals surface area contributed by atoms with Crippen LogP contribution in [0.3, 0.4) is 0 Å². The fraction of sp³-hybridized carbons (Fsp3) is 0.235. The molecule has 0 bridgehead atoms. The van der Waals surface area contributed by atoms with E-state index in [2.05, 4.69) is 11.4 Å². The van der Waals surface area contributed by atoms with Crippen LogP contribution < -0.4 is 10.2 Å². The van der Waals surface area contributed by atoms with Gasteiger partial charge in [-0.2, -0.15) is 5.26 Å². The van der Waals surface area contributed by atoms with Crippen molar-refractivity contribution in [3.8, 4) is 6.07 Å². The Morgan fingerprint density at radius 3 is 2.52 bits per heavy atom. The fourth-order valence-corrected chi connectivity index (χ4v) is 2.08. The summed E-state index contributed by atoms with van der Waals surface area (Å²) in [7, 11) is 4.00. The molecule has 2 rings (SSSR count). The van der Waals surface area contributed by atoms with Crippen LogP contribution in [0.4, 0.5) is 15.8 Å². The normalized spacial score (nSPS) is 10.0. The van der Waals surface area contributed by atoms with Crippen LogP contribution in [0.15, 0.2) is 36.4 Å². The third-order valence-electron chi connectivity index (χ3n) is 3.41. The molecular weight excluding hydrogens is 265 g/mol. The minimum atomic E-state index is -0.406. The number of hydrogen-bond acceptors (Lipinski definition) is 3. The molecule has 108 valence electrons. The third kappa shape index (κ3) is 3.51. The Balaban J connectivity index is 2.12. The average Bonchev–Trinajstić information content (AvgIpc) is 2.46. The van der Waals surface area contributed by atoms with E-state index >= 15 is 0 Å². The smallest absolute Gasteiger partial charge is 0.147 e. The van der Waals surface area contributed by atoms with Crippen LogP contribution in [0.2, 0.25) is 0 Å². The third-order valence-corrected chi connectivity index (χ3v) is 3.41. The van der Waals surface area contributed by atoms with Crippen molar-refractivity contribution in [2.45, 2.75) is 13.5 Å². The zero-order valence-electron chi connectivity index (χ0n) is 12.4. The lowest BCUT2D eigenvalue weighted by atomic mass is 10.1. The van der Waals surface area contributed by atoms with Crippen LogP contribution in [-0.4, -0.2) is 14.1 Å². The summed E-state index contributed by atoms with van der Waals surface area (Å²) in [4.78, 5) is 2.05. The highest BCUT2D eigenvalue weighted by Gasteiger charge is 2.05. The molecule has 4 heteroatoms. The van der Waals surface area contributed by atoms with Crippen molar-refractivity contribution in [3.63, 3.8) is 0 Å². The Morgan fingerprint density at radius 2 is 1.95 bits per heavy atom. The molecule has 0 fully saturated rings. The second-order valence-electron chi connectivity index (χ2n) is 5.17. The quantitative estimate of drug-likeness (QED) is 0.930. The number of halogens is 1. The number of aryl methyl sites for hydroxylation is 1. The van der Waals surface area contributed by atoms with Gasteiger partial charge in [0.2, 0.25) is 0 Å². The van der Waals surface area contributed by atoms with Crippen LogP contribution in [0.5, 0.6) is 0 Å². The van der Waals surface area contributed by atoms with Crippen molar-refractivity contribution in [1.82, 2.24) is 0 Å². The average molecular weight is 283 g/mol. The maximum Gasteiger partial charge on any atom is 0.147 e. The highest BCUT2D eigenvalue weighted by molar-refractivity contribution is 5.52. The molecule has 0 saturated carbocycles. The Morgan fingerprint density at radius 1 is 1.19 bits per heavy atom. The van der Waals surface area contributed by atoms with Crippen LogP contribution in [0, 0.1) is 24.1 Å². The van der Waals surface area contributed by atoms with E-state index in [9.17, 15) is 4.39 Å². The van der Waals surface area contributed by atoms with Crippen molar-refractivity contribution in [1.29, 1.82) is 5.26 Å². The first-order valence-electron chi connectivity index (χ1n) is 6.71. The first kappa shape index (κ1) is 14.9. The van der Waals surface area contributed by atoms with Gasteiger partial charge in [-0.05, 0) is 48.4 Å². The van der Waals surface area contributed by atoms with Gasteiger partial charge in [0.25, 0.3) is 0 Å². The van der Waals surface area contributed by atoms with Crippen molar-refractivity contribution < 1.29 is 4.39 Å². The zero-order valence-corrected chi connectivity index (χ0v) is 12.4. The molecular formula is C17H18FN3. The molecule has 21 heavy (non-hydrogen) atoms. The van der Waals surface area contributed by atoms with Gasteiger partial charge in [-0.15, -0.1) is 0 Å². The summed E-state index contributed by atoms with van der Waals surface area (Å²) < 4.78 is 13.8. The highest BCUT2D eigenvalue weighted by atomic mass is 19.1. The molecule has 3 nitrogen and oxygen atoms in total. The van der Waals surface area contributed by atoms with Crippen LogP contribution in [0.25, 0.3) is 0 Å². The molecule has 2 aromatic rings. The predicted molar refractivity (Wildman–Crippen MR) is 83.9 cm³/mol. The minimum absolute atomic E-state index is 0.324. The predicted octanol–water partition coefficient (Wildman–Crippen LogP) is 3.68. The summed E-state index contributed by atoms with van der Waals surface area (Å²) in [6.45, 7) is 2.58. The molecule has 0 saturated heterocycles. The summed E-state index contributed by atoms with van der Waals surface area (Å²) in [6, 6.07) is 12.5. The number of nitrogens with one attached hydrogen (secondary N) is 1. The fourth-order valence-electron chi connectivity index (χ4n) is 2.08. The summed E-state index contributed by atoms with van der Waals surface area (Å²) >= 11 is 0. The lowest BCUT2D eigenvalue weighted by Crippen LogP contribution is -2.10. The van der Waals surface area contributed by atoms with Crippen LogP contribution in [-0.2, 0) is 6.54 Å². The Bertz CT molecular complexity index is 687. The SMILES string of the molecule is Cc1cc(N(C)C)ccc1CNc1ccc(C#N)cc1F. The largest absolute Gasteiger partial charge is 0.379 e. The van der Waals surface area contributed by atoms with Gasteiger partial charge in [-0.1, -0.05) is 6.07 Å². The lowest BCUT2D eigenvalue weighted by Gasteiger charge is -2.16. The van der Waals surface area contributed by atoms with E-state index in [1.807, 2.05) is 44.1 Å². The molecule has 0 aliphatic carbocycles. The molecule has 0 spiro atoms. The molecule has 0 atom stereocenters. The first-order chi connectivity index (χ1) is 10.0. The molecule has 1 N–H and O–H groups in total. The number of nitrogens with zero attached hydrogens (tertiary/aromatic N) is 2. The van der Waals surface area contributed by atoms with Crippen LogP contribution >= 0.6 is 0 Å². The van der Waals surface area contributed by atoms with Crippen molar-refractivity contribution in [2.24, 2.45) is 0 Å². The molecule has 0 amide bonds. The monoisotopic (exact) mass is 283 g/mol. The second kappa shape index (κ2) is 6.27. The number of rotatable bonds is 4. The zero-order chi connectivity index (χ0) is 15.4. The second-order valence-corrected chi connectivity index (χ2v) is 5.17. The minimum Gasteiger partial charge on any atom is -0.379 e. The lowest BCUT2D eigenvalue weighted by molar-refractivity contribution is 0.629. The van der Waals surface area contributed by atoms with Gasteiger partial charge >= 0.3 is 0 Å². The maximum atomic E-state index is 13.8. The number of anilines is 2. The Hall–Kier alpha value is -2.54. The van der Waals surface area contributed by atoms with E-state index in [1.54, 1.807) is 12.1 Å². The van der Waals surface area contributed by atoms with Crippen molar-refractivity contribution >= 4 is 11.4 Å². The molecule has 0 aromatic heterocycles. The van der Waals surface area contributed by atoms with Crippen molar-refractivity contribution in [3.05, 3.63) is 58.9 Å². The van der Waals surface area contributed by atoms with E-state index in [4.69, 9.17) is 5.26 Å². The van der Waals surface area contributed by atoms with Gasteiger partial charge in [0.15, 0.2) is 0 Å². The van der Waals surface area contributed by atoms with Gasteiger partial charge in [0.05, 0.1) is 17.3 Å². The highest BCUT2D eigenvalue weighted by Crippen LogP contribution is 2.20. The Labute approximate surface area is 124 Å². The van der Waals surface area contributed by atoms with E-state index in [0.717, 1.165) is 16.8 Å².